The molecule has 0 aromatic heterocycles. The second-order valence-corrected chi connectivity index (χ2v) is 22.3. The smallest absolute Gasteiger partial charge is 0.261 e. The van der Waals surface area contributed by atoms with Gasteiger partial charge in [0.05, 0.1) is 19.8 Å². The lowest BCUT2D eigenvalue weighted by Gasteiger charge is -2.42. The summed E-state index contributed by atoms with van der Waals surface area (Å²) in [5.41, 5.74) is 1.57. The van der Waals surface area contributed by atoms with Crippen molar-refractivity contribution < 1.29 is 37.9 Å². The van der Waals surface area contributed by atoms with Crippen molar-refractivity contribution in [2.75, 3.05) is 26.4 Å². The molecule has 0 saturated carbocycles. The molecular formula is C53H66N4O8Si. The molecule has 6 rings (SSSR count). The molecule has 4 atom stereocenters. The summed E-state index contributed by atoms with van der Waals surface area (Å²) in [4.78, 5) is 72.4. The molecule has 66 heavy (non-hydrogen) atoms. The first-order chi connectivity index (χ1) is 31.8. The summed E-state index contributed by atoms with van der Waals surface area (Å²) < 4.78 is 18.1. The maximum absolute atomic E-state index is 14.5. The molecule has 4 aromatic carbocycles. The Morgan fingerprint density at radius 3 is 1.73 bits per heavy atom. The average molecular weight is 915 g/mol. The summed E-state index contributed by atoms with van der Waals surface area (Å²) >= 11 is 0. The molecule has 0 aliphatic carbocycles. The summed E-state index contributed by atoms with van der Waals surface area (Å²) in [6.07, 6.45) is 6.45. The number of hydrogen-bond donors (Lipinski definition) is 3. The molecule has 2 heterocycles. The number of ketones is 1. The summed E-state index contributed by atoms with van der Waals surface area (Å²) in [5.74, 6) is -0.521. The van der Waals surface area contributed by atoms with Crippen molar-refractivity contribution in [2.45, 2.75) is 115 Å². The minimum Gasteiger partial charge on any atom is -0.494 e. The molecule has 2 aliphatic heterocycles. The van der Waals surface area contributed by atoms with Crippen LogP contribution in [0, 0.1) is 0 Å². The third kappa shape index (κ3) is 12.6. The van der Waals surface area contributed by atoms with E-state index in [1.807, 2.05) is 105 Å². The van der Waals surface area contributed by atoms with Crippen LogP contribution in [0.1, 0.15) is 84.3 Å². The number of carbonyl (C=O) groups is 5. The van der Waals surface area contributed by atoms with E-state index in [-0.39, 0.29) is 49.0 Å². The van der Waals surface area contributed by atoms with Gasteiger partial charge in [-0.3, -0.25) is 24.0 Å². The molecule has 350 valence electrons. The number of Topliss-reactive ketones (excluding diaryl/α,β-unsaturated/α-hetero) is 1. The van der Waals surface area contributed by atoms with E-state index in [0.29, 0.717) is 50.5 Å². The topological polar surface area (TPSA) is 152 Å². The number of benzene rings is 4. The Bertz CT molecular complexity index is 2220. The zero-order valence-electron chi connectivity index (χ0n) is 39.1. The van der Waals surface area contributed by atoms with Gasteiger partial charge in [-0.2, -0.15) is 0 Å². The van der Waals surface area contributed by atoms with E-state index in [1.54, 1.807) is 11.0 Å². The van der Waals surface area contributed by atoms with E-state index in [2.05, 4.69) is 61.0 Å². The van der Waals surface area contributed by atoms with Crippen LogP contribution in [0.2, 0.25) is 5.04 Å². The highest BCUT2D eigenvalue weighted by molar-refractivity contribution is 6.99. The van der Waals surface area contributed by atoms with Gasteiger partial charge >= 0.3 is 0 Å². The molecule has 13 heteroatoms. The third-order valence-corrected chi connectivity index (χ3v) is 17.3. The molecule has 2 aliphatic rings. The predicted molar refractivity (Wildman–Crippen MR) is 259 cm³/mol. The highest BCUT2D eigenvalue weighted by Crippen LogP contribution is 2.36. The fourth-order valence-corrected chi connectivity index (χ4v) is 13.5. The molecule has 4 aromatic rings. The van der Waals surface area contributed by atoms with Gasteiger partial charge in [-0.1, -0.05) is 118 Å². The second kappa shape index (κ2) is 23.4. The number of ether oxygens (including phenoxy) is 2. The Morgan fingerprint density at radius 1 is 0.667 bits per heavy atom. The van der Waals surface area contributed by atoms with Crippen molar-refractivity contribution in [1.82, 2.24) is 20.9 Å². The number of nitrogens with zero attached hydrogens (tertiary/aromatic N) is 1. The van der Waals surface area contributed by atoms with E-state index in [0.717, 1.165) is 27.9 Å². The summed E-state index contributed by atoms with van der Waals surface area (Å²) in [6.45, 7) is 11.6. The first-order valence-electron chi connectivity index (χ1n) is 23.4. The maximum Gasteiger partial charge on any atom is 0.261 e. The van der Waals surface area contributed by atoms with Gasteiger partial charge in [0.25, 0.3) is 8.32 Å². The van der Waals surface area contributed by atoms with Crippen LogP contribution < -0.4 is 35.8 Å². The first-order valence-corrected chi connectivity index (χ1v) is 25.3. The van der Waals surface area contributed by atoms with E-state index in [1.165, 1.54) is 0 Å². The van der Waals surface area contributed by atoms with Crippen LogP contribution in [0.4, 0.5) is 0 Å². The fraction of sp³-hybridized carbons (Fsp3) is 0.415. The number of piperidine rings is 1. The van der Waals surface area contributed by atoms with Crippen LogP contribution in [-0.4, -0.2) is 93.2 Å². The fourth-order valence-electron chi connectivity index (χ4n) is 9.01. The van der Waals surface area contributed by atoms with Crippen molar-refractivity contribution in [3.63, 3.8) is 0 Å². The number of amides is 4. The zero-order chi connectivity index (χ0) is 47.1. The van der Waals surface area contributed by atoms with Gasteiger partial charge in [0.2, 0.25) is 23.6 Å². The molecule has 0 radical (unpaired) electrons. The van der Waals surface area contributed by atoms with Crippen LogP contribution in [0.25, 0.3) is 0 Å². The largest absolute Gasteiger partial charge is 0.494 e. The molecular weight excluding hydrogens is 849 g/mol. The monoisotopic (exact) mass is 914 g/mol. The van der Waals surface area contributed by atoms with Gasteiger partial charge in [0.15, 0.2) is 5.78 Å². The molecule has 0 bridgehead atoms. The minimum atomic E-state index is -2.90. The third-order valence-electron chi connectivity index (χ3n) is 12.3. The van der Waals surface area contributed by atoms with Crippen LogP contribution in [-0.2, 0) is 41.2 Å². The zero-order valence-corrected chi connectivity index (χ0v) is 40.1. The van der Waals surface area contributed by atoms with Crippen molar-refractivity contribution in [2.24, 2.45) is 0 Å². The standard InChI is InChI=1S/C53H66N4O8Si/c1-6-63-41-30-26-38(27-31-41)35-46-50(60)56-47(36-39-28-32-42(33-29-39)64-7-2)52(62)57-34-18-17-25-48(57)51(61)54-45(49(59)55-46)24-16-8-11-19-40(58)37-65-66(53(3,4)5,43-20-12-9-13-21-43)44-22-14-10-15-23-44/h8-15,20-23,26-33,45-48H,6-7,16-19,24-25,34-37H2,1-5H3,(H,54,61)(H,55,59)(H,56,60)/t45-,46-,47-,48+/m0/s1. The van der Waals surface area contributed by atoms with Crippen molar-refractivity contribution in [3.05, 3.63) is 132 Å². The highest BCUT2D eigenvalue weighted by atomic mass is 28.4. The van der Waals surface area contributed by atoms with E-state index < -0.39 is 50.2 Å². The molecule has 3 N–H and O–H groups in total. The Balaban J connectivity index is 1.19. The predicted octanol–water partition coefficient (Wildman–Crippen LogP) is 5.99. The molecule has 0 spiro atoms. The van der Waals surface area contributed by atoms with E-state index in [4.69, 9.17) is 13.9 Å². The Labute approximate surface area is 391 Å². The number of fused-ring (bicyclic) bond motifs is 1. The summed E-state index contributed by atoms with van der Waals surface area (Å²) in [7, 11) is -2.90. The lowest BCUT2D eigenvalue weighted by atomic mass is 9.96. The van der Waals surface area contributed by atoms with Crippen molar-refractivity contribution in [1.29, 1.82) is 0 Å². The quantitative estimate of drug-likeness (QED) is 0.0814. The lowest BCUT2D eigenvalue weighted by Crippen LogP contribution is -2.67. The van der Waals surface area contributed by atoms with Gasteiger partial charge in [-0.15, -0.1) is 0 Å². The van der Waals surface area contributed by atoms with Gasteiger partial charge in [-0.05, 0) is 96.8 Å². The average Bonchev–Trinajstić information content (AvgIpc) is 3.31. The van der Waals surface area contributed by atoms with Crippen molar-refractivity contribution >= 4 is 48.1 Å². The molecule has 4 amide bonds. The van der Waals surface area contributed by atoms with Crippen LogP contribution in [0.15, 0.2) is 121 Å². The minimum absolute atomic E-state index is 0.0613. The second-order valence-electron chi connectivity index (χ2n) is 18.0. The van der Waals surface area contributed by atoms with Gasteiger partial charge in [0.1, 0.15) is 35.7 Å². The Kier molecular flexibility index (Phi) is 17.5. The molecule has 2 fully saturated rings. The maximum atomic E-state index is 14.5. The van der Waals surface area contributed by atoms with E-state index >= 15 is 0 Å². The van der Waals surface area contributed by atoms with Crippen LogP contribution in [0.3, 0.4) is 0 Å². The Morgan fingerprint density at radius 2 is 1.18 bits per heavy atom. The molecule has 12 nitrogen and oxygen atoms in total. The van der Waals surface area contributed by atoms with Crippen LogP contribution >= 0.6 is 0 Å². The van der Waals surface area contributed by atoms with Gasteiger partial charge < -0.3 is 34.8 Å². The number of hydrogen-bond acceptors (Lipinski definition) is 8. The van der Waals surface area contributed by atoms with Gasteiger partial charge in [0, 0.05) is 25.8 Å². The number of allylic oxidation sites excluding steroid dienone is 2. The van der Waals surface area contributed by atoms with Crippen LogP contribution in [0.5, 0.6) is 11.5 Å². The SMILES string of the molecule is CCOc1ccc(C[C@@H]2NC(=O)[C@H](CCC=CCC(=O)CO[Si](c3ccccc3)(c3ccccc3)C(C)(C)C)NC(=O)[C@H]3CCCCN3C(=O)[C@H](Cc3ccc(OCC)cc3)NC2=O)cc1. The van der Waals surface area contributed by atoms with E-state index in [9.17, 15) is 24.0 Å². The first kappa shape index (κ1) is 49.4. The number of rotatable bonds is 18. The number of nitrogens with one attached hydrogen (secondary N) is 3. The number of carbonyl (C=O) groups excluding carboxylic acids is 5. The highest BCUT2D eigenvalue weighted by Gasteiger charge is 2.50. The van der Waals surface area contributed by atoms with Gasteiger partial charge in [-0.25, -0.2) is 0 Å². The summed E-state index contributed by atoms with van der Waals surface area (Å²) in [5, 5.41) is 10.8. The normalized spacial score (nSPS) is 19.7. The van der Waals surface area contributed by atoms with Crippen molar-refractivity contribution in [3.8, 4) is 11.5 Å². The molecule has 0 unspecified atom stereocenters. The molecule has 2 saturated heterocycles. The summed E-state index contributed by atoms with van der Waals surface area (Å²) in [6, 6.07) is 31.1. The lowest BCUT2D eigenvalue weighted by molar-refractivity contribution is -0.146. The Hall–Kier alpha value is -6.05.